The molecule has 0 spiro atoms. The molecule has 0 radical (unpaired) electrons. The van der Waals surface area contributed by atoms with E-state index in [0.29, 0.717) is 6.54 Å². The number of nitrogens with zero attached hydrogens (tertiary/aromatic N) is 1. The summed E-state index contributed by atoms with van der Waals surface area (Å²) < 4.78 is 343. The van der Waals surface area contributed by atoms with Gasteiger partial charge in [-0.25, -0.2) is 0 Å². The van der Waals surface area contributed by atoms with Gasteiger partial charge in [-0.3, -0.25) is 4.79 Å². The third-order valence-electron chi connectivity index (χ3n) is 10.9. The Balaban J connectivity index is 0.000000520. The van der Waals surface area contributed by atoms with Crippen molar-refractivity contribution < 1.29 is 115 Å². The van der Waals surface area contributed by atoms with Crippen molar-refractivity contribution in [1.82, 2.24) is 0 Å². The largest absolute Gasteiger partial charge is 0.416 e. The van der Waals surface area contributed by atoms with Crippen molar-refractivity contribution in [2.24, 2.45) is 0 Å². The molecule has 0 unspecified atom stereocenters. The van der Waals surface area contributed by atoms with Crippen LogP contribution >= 0.6 is 0 Å². The molecule has 1 heterocycles. The van der Waals surface area contributed by atoms with Gasteiger partial charge < -0.3 is 0 Å². The second-order valence-electron chi connectivity index (χ2n) is 16.1. The molecular weight excluding hydrogens is 1050 g/mol. The lowest BCUT2D eigenvalue weighted by Gasteiger charge is -2.46. The monoisotopic (exact) mass is 1080 g/mol. The van der Waals surface area contributed by atoms with E-state index >= 15 is 0 Å². The molecule has 27 heteroatoms. The quantitative estimate of drug-likeness (QED) is 0.0675. The fourth-order valence-corrected chi connectivity index (χ4v) is 7.69. The van der Waals surface area contributed by atoms with Gasteiger partial charge in [-0.05, 0) is 37.3 Å². The minimum absolute atomic E-state index is 0.139. The Morgan fingerprint density at radius 3 is 0.822 bits per heavy atom. The van der Waals surface area contributed by atoms with Crippen molar-refractivity contribution in [2.45, 2.75) is 62.9 Å². The van der Waals surface area contributed by atoms with E-state index < -0.39 is 195 Å². The van der Waals surface area contributed by atoms with Crippen LogP contribution in [0.1, 0.15) is 60.4 Å². The highest BCUT2D eigenvalue weighted by molar-refractivity contribution is 7.20. The number of aromatic nitrogens is 1. The number of halogens is 24. The van der Waals surface area contributed by atoms with Crippen molar-refractivity contribution in [3.05, 3.63) is 183 Å². The third kappa shape index (κ3) is 13.5. The Morgan fingerprint density at radius 2 is 0.603 bits per heavy atom. The molecule has 1 aromatic heterocycles. The topological polar surface area (TPSA) is 20.9 Å². The van der Waals surface area contributed by atoms with Crippen LogP contribution < -0.4 is 26.4 Å². The lowest BCUT2D eigenvalue weighted by atomic mass is 9.12. The molecule has 0 amide bonds. The number of aryl methyl sites for hydroxylation is 1. The maximum atomic E-state index is 14.2. The zero-order valence-corrected chi connectivity index (χ0v) is 35.8. The Bertz CT molecular complexity index is 2520. The predicted octanol–water partition coefficient (Wildman–Crippen LogP) is 13.4. The summed E-state index contributed by atoms with van der Waals surface area (Å²) in [4.78, 5) is 11.9. The minimum atomic E-state index is -6.13. The first-order valence-electron chi connectivity index (χ1n) is 19.9. The second kappa shape index (κ2) is 19.6. The van der Waals surface area contributed by atoms with E-state index in [1.165, 1.54) is 0 Å². The Morgan fingerprint density at radius 1 is 0.356 bits per heavy atom. The number of benzene rings is 5. The van der Waals surface area contributed by atoms with E-state index in [0.717, 1.165) is 11.1 Å². The minimum Gasteiger partial charge on any atom is -0.287 e. The number of ketones is 1. The zero-order valence-electron chi connectivity index (χ0n) is 35.8. The Labute approximate surface area is 394 Å². The lowest BCUT2D eigenvalue weighted by molar-refractivity contribution is -0.683. The van der Waals surface area contributed by atoms with Crippen molar-refractivity contribution in [3.63, 3.8) is 0 Å². The maximum absolute atomic E-state index is 14.2. The molecule has 73 heavy (non-hydrogen) atoms. The average Bonchev–Trinajstić information content (AvgIpc) is 3.24. The van der Waals surface area contributed by atoms with E-state index in [4.69, 9.17) is 0 Å². The number of carbonyl (C=O) groups excluding carboxylic acids is 1. The Hall–Kier alpha value is -6.70. The van der Waals surface area contributed by atoms with E-state index in [1.807, 2.05) is 66.3 Å². The summed E-state index contributed by atoms with van der Waals surface area (Å²) >= 11 is 0. The van der Waals surface area contributed by atoms with Gasteiger partial charge in [-0.2, -0.15) is 132 Å². The molecule has 0 atom stereocenters. The zero-order chi connectivity index (χ0) is 55.3. The SMILES string of the molecule is Cc1cccc(C(=O)C[n+]2ccccc2)c1.FC(F)(F)c1cc([B-](c2cc(C(F)(F)F)cc(C(F)(F)F)c2)(c2cc(C(F)(F)F)cc(C(F)(F)F)c2)c2cc(C(F)(F)F)cc(C(F)(F)F)c2)cc(C(F)(F)F)c1. The lowest BCUT2D eigenvalue weighted by Crippen LogP contribution is -2.75. The summed E-state index contributed by atoms with van der Waals surface area (Å²) in [5.74, 6) is 0.139. The van der Waals surface area contributed by atoms with Crippen molar-refractivity contribution in [3.8, 4) is 0 Å². The van der Waals surface area contributed by atoms with Gasteiger partial charge in [0.2, 0.25) is 12.3 Å². The van der Waals surface area contributed by atoms with Crippen LogP contribution in [0.25, 0.3) is 0 Å². The highest BCUT2D eigenvalue weighted by Gasteiger charge is 2.47. The first kappa shape index (κ1) is 57.2. The number of Topliss-reactive ketones (excluding diaryl/α,β-unsaturated/α-hetero) is 1. The first-order chi connectivity index (χ1) is 33.0. The number of pyridine rings is 1. The van der Waals surface area contributed by atoms with Crippen molar-refractivity contribution >= 4 is 33.8 Å². The van der Waals surface area contributed by atoms with Gasteiger partial charge in [0.15, 0.2) is 12.4 Å². The molecule has 5 aromatic carbocycles. The van der Waals surface area contributed by atoms with Crippen LogP contribution in [0.2, 0.25) is 0 Å². The van der Waals surface area contributed by atoms with Gasteiger partial charge in [0.25, 0.3) is 0 Å². The van der Waals surface area contributed by atoms with Crippen molar-refractivity contribution in [2.75, 3.05) is 0 Å². The fourth-order valence-electron chi connectivity index (χ4n) is 7.69. The van der Waals surface area contributed by atoms with Crippen LogP contribution in [0.15, 0.2) is 128 Å². The van der Waals surface area contributed by atoms with Crippen molar-refractivity contribution in [1.29, 1.82) is 0 Å². The summed E-state index contributed by atoms with van der Waals surface area (Å²) in [5.41, 5.74) is -28.3. The number of hydrogen-bond acceptors (Lipinski definition) is 1. The van der Waals surface area contributed by atoms with Crippen LogP contribution in [0.3, 0.4) is 0 Å². The van der Waals surface area contributed by atoms with Crippen LogP contribution in [0, 0.1) is 6.92 Å². The summed E-state index contributed by atoms with van der Waals surface area (Å²) in [6.07, 6.45) is -51.0. The smallest absolute Gasteiger partial charge is 0.287 e. The number of carbonyl (C=O) groups is 1. The molecule has 0 aliphatic heterocycles. The van der Waals surface area contributed by atoms with Gasteiger partial charge in [0.05, 0.1) is 44.5 Å². The van der Waals surface area contributed by atoms with Gasteiger partial charge >= 0.3 is 49.4 Å². The number of rotatable bonds is 7. The molecular formula is C46H26BF24NO. The van der Waals surface area contributed by atoms with E-state index in [1.54, 1.807) is 0 Å². The summed E-state index contributed by atoms with van der Waals surface area (Å²) in [7, 11) is 0. The van der Waals surface area contributed by atoms with Crippen LogP contribution in [0.4, 0.5) is 105 Å². The standard InChI is InChI=1S/C32H12BF24.C14H14NO/c34-25(35,36)13-1-14(26(37,38)39)6-21(5-13)33(22-7-15(27(40,41)42)2-16(8-22)28(43,44)45,23-9-17(29(46,47)48)3-18(10-23)30(49,50)51)24-11-19(31(52,53)54)4-20(12-24)32(55,56)57;1-12-6-5-7-13(10-12)14(16)11-15-8-3-2-4-9-15/h1-12H;2-10H,11H2,1H3/q-1;+1. The maximum Gasteiger partial charge on any atom is 0.416 e. The average molecular weight is 1080 g/mol. The number of alkyl halides is 24. The fraction of sp³-hybridized carbons (Fsp3) is 0.217. The molecule has 6 rings (SSSR count). The highest BCUT2D eigenvalue weighted by atomic mass is 19.4. The third-order valence-corrected chi connectivity index (χ3v) is 10.9. The van der Waals surface area contributed by atoms with E-state index in [2.05, 4.69) is 0 Å². The van der Waals surface area contributed by atoms with E-state index in [9.17, 15) is 110 Å². The molecule has 0 aliphatic carbocycles. The summed E-state index contributed by atoms with van der Waals surface area (Å²) in [5, 5.41) is 0. The predicted molar refractivity (Wildman–Crippen MR) is 212 cm³/mol. The molecule has 0 N–H and O–H groups in total. The molecule has 6 aromatic rings. The molecule has 0 saturated heterocycles. The first-order valence-corrected chi connectivity index (χ1v) is 19.9. The Kier molecular flexibility index (Phi) is 15.4. The van der Waals surface area contributed by atoms with Crippen LogP contribution in [-0.2, 0) is 56.0 Å². The second-order valence-corrected chi connectivity index (χ2v) is 16.1. The van der Waals surface area contributed by atoms with Crippen LogP contribution in [0.5, 0.6) is 0 Å². The van der Waals surface area contributed by atoms with E-state index in [-0.39, 0.29) is 5.78 Å². The van der Waals surface area contributed by atoms with Crippen LogP contribution in [-0.4, -0.2) is 11.9 Å². The molecule has 2 nitrogen and oxygen atoms in total. The number of hydrogen-bond donors (Lipinski definition) is 0. The van der Waals surface area contributed by atoms with Gasteiger partial charge in [0.1, 0.15) is 6.15 Å². The molecule has 0 fully saturated rings. The summed E-state index contributed by atoms with van der Waals surface area (Å²) in [6, 6.07) is 4.66. The molecule has 392 valence electrons. The normalized spacial score (nSPS) is 13.4. The highest BCUT2D eigenvalue weighted by Crippen LogP contribution is 2.41. The molecule has 0 bridgehead atoms. The van der Waals surface area contributed by atoms with Gasteiger partial charge in [0, 0.05) is 17.7 Å². The summed E-state index contributed by atoms with van der Waals surface area (Å²) in [6.45, 7) is 2.39. The van der Waals surface area contributed by atoms with Gasteiger partial charge in [-0.15, -0.1) is 0 Å². The molecule has 0 saturated carbocycles. The molecule has 0 aliphatic rings. The van der Waals surface area contributed by atoms with Gasteiger partial charge in [-0.1, -0.05) is 78.4 Å².